The lowest BCUT2D eigenvalue weighted by atomic mass is 10.1. The van der Waals surface area contributed by atoms with Crippen molar-refractivity contribution in [1.29, 1.82) is 0 Å². The molecule has 0 unspecified atom stereocenters. The van der Waals surface area contributed by atoms with Gasteiger partial charge in [0.25, 0.3) is 0 Å². The van der Waals surface area contributed by atoms with Crippen molar-refractivity contribution in [2.75, 3.05) is 11.9 Å². The number of thiocarbonyl (C=S) groups is 1. The molecule has 4 nitrogen and oxygen atoms in total. The molecule has 132 valence electrons. The molecule has 0 radical (unpaired) electrons. The second-order valence-electron chi connectivity index (χ2n) is 5.86. The predicted octanol–water partition coefficient (Wildman–Crippen LogP) is 4.80. The highest BCUT2D eigenvalue weighted by Crippen LogP contribution is 2.19. The van der Waals surface area contributed by atoms with Gasteiger partial charge in [-0.05, 0) is 73.4 Å². The molecule has 2 N–H and O–H groups in total. The van der Waals surface area contributed by atoms with Gasteiger partial charge in [0.1, 0.15) is 5.75 Å². The van der Waals surface area contributed by atoms with Crippen LogP contribution in [0.25, 0.3) is 0 Å². The first-order valence-corrected chi connectivity index (χ1v) is 8.90. The van der Waals surface area contributed by atoms with E-state index < -0.39 is 0 Å². The summed E-state index contributed by atoms with van der Waals surface area (Å²) in [5.74, 6) is 0.880. The van der Waals surface area contributed by atoms with Gasteiger partial charge in [0.15, 0.2) is 5.11 Å². The Kier molecular flexibility index (Phi) is 7.41. The smallest absolute Gasteiger partial charge is 0.191 e. The van der Waals surface area contributed by atoms with Gasteiger partial charge in [-0.25, -0.2) is 0 Å². The number of benzene rings is 2. The summed E-state index contributed by atoms with van der Waals surface area (Å²) in [5.41, 5.74) is 7.13. The van der Waals surface area contributed by atoms with E-state index in [1.165, 1.54) is 0 Å². The van der Waals surface area contributed by atoms with Crippen LogP contribution in [0.1, 0.15) is 36.5 Å². The third-order valence-corrected chi connectivity index (χ3v) is 3.94. The lowest BCUT2D eigenvalue weighted by molar-refractivity contribution is 0.309. The number of nitrogens with one attached hydrogen (secondary N) is 2. The van der Waals surface area contributed by atoms with E-state index in [1.807, 2.05) is 56.3 Å². The number of nitrogens with zero attached hydrogens (tertiary/aromatic N) is 1. The summed E-state index contributed by atoms with van der Waals surface area (Å²) in [6.07, 6.45) is 3.93. The number of aryl methyl sites for hydroxylation is 2. The average molecular weight is 356 g/mol. The summed E-state index contributed by atoms with van der Waals surface area (Å²) in [4.78, 5) is 0. The molecule has 0 aliphatic rings. The maximum Gasteiger partial charge on any atom is 0.191 e. The van der Waals surface area contributed by atoms with Gasteiger partial charge in [0.2, 0.25) is 0 Å². The monoisotopic (exact) mass is 355 g/mol. The molecule has 0 bridgehead atoms. The Labute approximate surface area is 155 Å². The Bertz CT molecular complexity index is 706. The van der Waals surface area contributed by atoms with Gasteiger partial charge in [0, 0.05) is 5.69 Å². The van der Waals surface area contributed by atoms with Crippen LogP contribution in [0.2, 0.25) is 0 Å². The summed E-state index contributed by atoms with van der Waals surface area (Å²) in [6, 6.07) is 14.0. The van der Waals surface area contributed by atoms with Crippen LogP contribution >= 0.6 is 12.2 Å². The fourth-order valence-electron chi connectivity index (χ4n) is 2.30. The number of hydrogen-bond donors (Lipinski definition) is 2. The molecule has 5 heteroatoms. The molecule has 0 aliphatic carbocycles. The van der Waals surface area contributed by atoms with Crippen LogP contribution in [0.5, 0.6) is 5.75 Å². The molecule has 0 aromatic heterocycles. The molecule has 0 saturated heterocycles. The van der Waals surface area contributed by atoms with E-state index in [0.29, 0.717) is 5.11 Å². The van der Waals surface area contributed by atoms with E-state index >= 15 is 0 Å². The molecule has 25 heavy (non-hydrogen) atoms. The second-order valence-corrected chi connectivity index (χ2v) is 6.27. The molecule has 0 spiro atoms. The molecular formula is C20H25N3OS. The summed E-state index contributed by atoms with van der Waals surface area (Å²) in [6.45, 7) is 7.00. The third kappa shape index (κ3) is 6.19. The van der Waals surface area contributed by atoms with Crippen molar-refractivity contribution in [3.8, 4) is 5.75 Å². The van der Waals surface area contributed by atoms with Crippen molar-refractivity contribution in [1.82, 2.24) is 5.43 Å². The maximum absolute atomic E-state index is 5.64. The van der Waals surface area contributed by atoms with E-state index in [4.69, 9.17) is 17.0 Å². The zero-order valence-electron chi connectivity index (χ0n) is 15.0. The topological polar surface area (TPSA) is 45.6 Å². The van der Waals surface area contributed by atoms with Gasteiger partial charge < -0.3 is 10.1 Å². The lowest BCUT2D eigenvalue weighted by Crippen LogP contribution is -2.24. The number of rotatable bonds is 7. The number of anilines is 1. The third-order valence-electron chi connectivity index (χ3n) is 3.75. The Balaban J connectivity index is 1.85. The van der Waals surface area contributed by atoms with Crippen LogP contribution in [0.4, 0.5) is 5.69 Å². The first kappa shape index (κ1) is 18.9. The molecule has 0 atom stereocenters. The largest absolute Gasteiger partial charge is 0.494 e. The standard InChI is InChI=1S/C20H25N3OS/c1-4-5-13-24-18-11-9-17(10-12-18)14-21-23-20(25)22-19-15(2)7-6-8-16(19)3/h6-12,14H,4-5,13H2,1-3H3,(H2,22,23,25)/b21-14-. The van der Waals surface area contributed by atoms with Crippen molar-refractivity contribution in [2.45, 2.75) is 33.6 Å². The Hall–Kier alpha value is -2.40. The zero-order valence-corrected chi connectivity index (χ0v) is 15.8. The Morgan fingerprint density at radius 2 is 1.80 bits per heavy atom. The SMILES string of the molecule is CCCCOc1ccc(/C=N\NC(=S)Nc2c(C)cccc2C)cc1. The normalized spacial score (nSPS) is 10.7. The van der Waals surface area contributed by atoms with Crippen LogP contribution in [0.15, 0.2) is 47.6 Å². The van der Waals surface area contributed by atoms with Crippen LogP contribution in [0, 0.1) is 13.8 Å². The van der Waals surface area contributed by atoms with Gasteiger partial charge in [-0.2, -0.15) is 5.10 Å². The van der Waals surface area contributed by atoms with Crippen molar-refractivity contribution in [3.05, 3.63) is 59.2 Å². The molecule has 2 rings (SSSR count). The Morgan fingerprint density at radius 1 is 1.12 bits per heavy atom. The first-order valence-electron chi connectivity index (χ1n) is 8.49. The van der Waals surface area contributed by atoms with Gasteiger partial charge in [-0.1, -0.05) is 31.5 Å². The molecule has 2 aromatic rings. The minimum atomic E-state index is 0.466. The van der Waals surface area contributed by atoms with Crippen LogP contribution in [-0.4, -0.2) is 17.9 Å². The summed E-state index contributed by atoms with van der Waals surface area (Å²) in [7, 11) is 0. The van der Waals surface area contributed by atoms with Gasteiger partial charge in [-0.3, -0.25) is 5.43 Å². The van der Waals surface area contributed by atoms with Crippen LogP contribution < -0.4 is 15.5 Å². The Morgan fingerprint density at radius 3 is 2.44 bits per heavy atom. The quantitative estimate of drug-likeness (QED) is 0.324. The van der Waals surface area contributed by atoms with Gasteiger partial charge >= 0.3 is 0 Å². The molecule has 0 amide bonds. The van der Waals surface area contributed by atoms with Gasteiger partial charge in [0.05, 0.1) is 12.8 Å². The lowest BCUT2D eigenvalue weighted by Gasteiger charge is -2.12. The van der Waals surface area contributed by atoms with Crippen LogP contribution in [-0.2, 0) is 0 Å². The van der Waals surface area contributed by atoms with Crippen molar-refractivity contribution >= 4 is 29.2 Å². The first-order chi connectivity index (χ1) is 12.1. The number of hydrogen-bond acceptors (Lipinski definition) is 3. The molecule has 0 fully saturated rings. The van der Waals surface area contributed by atoms with Crippen molar-refractivity contribution < 1.29 is 4.74 Å². The summed E-state index contributed by atoms with van der Waals surface area (Å²) in [5, 5.41) is 7.84. The number of hydrazone groups is 1. The number of unbranched alkanes of at least 4 members (excludes halogenated alkanes) is 1. The number of para-hydroxylation sites is 1. The van der Waals surface area contributed by atoms with E-state index in [9.17, 15) is 0 Å². The van der Waals surface area contributed by atoms with E-state index in [2.05, 4.69) is 22.8 Å². The molecule has 0 heterocycles. The zero-order chi connectivity index (χ0) is 18.1. The van der Waals surface area contributed by atoms with Gasteiger partial charge in [-0.15, -0.1) is 0 Å². The van der Waals surface area contributed by atoms with Crippen LogP contribution in [0.3, 0.4) is 0 Å². The molecule has 0 saturated carbocycles. The molecule has 0 aliphatic heterocycles. The highest BCUT2D eigenvalue weighted by Gasteiger charge is 2.03. The average Bonchev–Trinajstić information content (AvgIpc) is 2.60. The van der Waals surface area contributed by atoms with E-state index in [0.717, 1.165) is 47.6 Å². The second kappa shape index (κ2) is 9.79. The maximum atomic E-state index is 5.64. The fraction of sp³-hybridized carbons (Fsp3) is 0.300. The van der Waals surface area contributed by atoms with Crippen molar-refractivity contribution in [2.24, 2.45) is 5.10 Å². The summed E-state index contributed by atoms with van der Waals surface area (Å²) >= 11 is 5.29. The van der Waals surface area contributed by atoms with Crippen molar-refractivity contribution in [3.63, 3.8) is 0 Å². The predicted molar refractivity (Wildman–Crippen MR) is 110 cm³/mol. The number of ether oxygens (including phenoxy) is 1. The van der Waals surface area contributed by atoms with E-state index in [-0.39, 0.29) is 0 Å². The molecule has 2 aromatic carbocycles. The highest BCUT2D eigenvalue weighted by atomic mass is 32.1. The fourth-order valence-corrected chi connectivity index (χ4v) is 2.46. The minimum Gasteiger partial charge on any atom is -0.494 e. The molecular weight excluding hydrogens is 330 g/mol. The summed E-state index contributed by atoms with van der Waals surface area (Å²) < 4.78 is 5.64. The van der Waals surface area contributed by atoms with E-state index in [1.54, 1.807) is 6.21 Å². The minimum absolute atomic E-state index is 0.466. The highest BCUT2D eigenvalue weighted by molar-refractivity contribution is 7.80.